The minimum absolute atomic E-state index is 0.0708. The largest absolute Gasteiger partial charge is 0.394 e. The zero-order valence-electron chi connectivity index (χ0n) is 17.5. The van der Waals surface area contributed by atoms with Gasteiger partial charge in [0.05, 0.1) is 28.6 Å². The maximum atomic E-state index is 12.8. The van der Waals surface area contributed by atoms with Crippen LogP contribution in [0.15, 0.2) is 23.1 Å². The van der Waals surface area contributed by atoms with Crippen LogP contribution >= 0.6 is 11.6 Å². The summed E-state index contributed by atoms with van der Waals surface area (Å²) in [6.07, 6.45) is 6.77. The van der Waals surface area contributed by atoms with Crippen molar-refractivity contribution >= 4 is 34.2 Å². The highest BCUT2D eigenvalue weighted by molar-refractivity contribution is 7.85. The normalized spacial score (nSPS) is 24.8. The molecule has 2 N–H and O–H groups in total. The SMILES string of the molecule is O=S1CCCc2nc(N3CC4(Cc5ccc(Cl)cc5C4)C3)nc(NC3(CO)CCC3)c21. The Hall–Kier alpha value is -1.70. The van der Waals surface area contributed by atoms with Gasteiger partial charge in [0, 0.05) is 29.3 Å². The molecule has 6 nitrogen and oxygen atoms in total. The van der Waals surface area contributed by atoms with Gasteiger partial charge in [0.25, 0.3) is 0 Å². The fourth-order valence-electron chi connectivity index (χ4n) is 5.70. The van der Waals surface area contributed by atoms with Crippen molar-refractivity contribution in [3.05, 3.63) is 40.0 Å². The molecule has 1 unspecified atom stereocenters. The number of aliphatic hydroxyl groups excluding tert-OH is 1. The molecular weight excluding hydrogens is 432 g/mol. The Morgan fingerprint density at radius 3 is 2.71 bits per heavy atom. The van der Waals surface area contributed by atoms with Gasteiger partial charge in [-0.2, -0.15) is 4.98 Å². The zero-order chi connectivity index (χ0) is 21.2. The Morgan fingerprint density at radius 2 is 1.97 bits per heavy atom. The molecule has 0 amide bonds. The van der Waals surface area contributed by atoms with Crippen LogP contribution in [0.5, 0.6) is 0 Å². The van der Waals surface area contributed by atoms with Crippen LogP contribution in [-0.2, 0) is 30.1 Å². The van der Waals surface area contributed by atoms with E-state index < -0.39 is 10.8 Å². The molecular formula is C23H27ClN4O2S. The second kappa shape index (κ2) is 7.15. The smallest absolute Gasteiger partial charge is 0.227 e. The molecule has 0 bridgehead atoms. The molecule has 2 fully saturated rings. The van der Waals surface area contributed by atoms with Gasteiger partial charge in [0.1, 0.15) is 10.7 Å². The summed E-state index contributed by atoms with van der Waals surface area (Å²) in [5, 5.41) is 14.2. The maximum Gasteiger partial charge on any atom is 0.227 e. The first-order valence-electron chi connectivity index (χ1n) is 11.2. The van der Waals surface area contributed by atoms with E-state index in [2.05, 4.69) is 22.3 Å². The molecule has 1 saturated heterocycles. The highest BCUT2D eigenvalue weighted by Gasteiger charge is 2.48. The number of aromatic nitrogens is 2. The third kappa shape index (κ3) is 3.28. The number of nitrogens with zero attached hydrogens (tertiary/aromatic N) is 3. The van der Waals surface area contributed by atoms with Gasteiger partial charge in [-0.1, -0.05) is 17.7 Å². The zero-order valence-corrected chi connectivity index (χ0v) is 19.1. The Kier molecular flexibility index (Phi) is 4.60. The summed E-state index contributed by atoms with van der Waals surface area (Å²) in [4.78, 5) is 12.7. The topological polar surface area (TPSA) is 78.4 Å². The summed E-state index contributed by atoms with van der Waals surface area (Å²) in [7, 11) is -1.08. The maximum absolute atomic E-state index is 12.8. The quantitative estimate of drug-likeness (QED) is 0.733. The van der Waals surface area contributed by atoms with Gasteiger partial charge < -0.3 is 15.3 Å². The van der Waals surface area contributed by atoms with Crippen molar-refractivity contribution < 1.29 is 9.32 Å². The van der Waals surface area contributed by atoms with E-state index in [1.54, 1.807) is 0 Å². The molecule has 2 aliphatic carbocycles. The second-order valence-corrected chi connectivity index (χ2v) is 11.8. The number of halogens is 1. The van der Waals surface area contributed by atoms with Crippen LogP contribution in [0.3, 0.4) is 0 Å². The number of rotatable bonds is 4. The van der Waals surface area contributed by atoms with Gasteiger partial charge in [-0.3, -0.25) is 4.21 Å². The number of hydrogen-bond donors (Lipinski definition) is 2. The van der Waals surface area contributed by atoms with Crippen LogP contribution in [0.4, 0.5) is 11.8 Å². The van der Waals surface area contributed by atoms with Gasteiger partial charge in [-0.25, -0.2) is 4.98 Å². The lowest BCUT2D eigenvalue weighted by molar-refractivity contribution is 0.143. The van der Waals surface area contributed by atoms with Gasteiger partial charge in [0.2, 0.25) is 5.95 Å². The molecule has 2 aromatic rings. The predicted molar refractivity (Wildman–Crippen MR) is 122 cm³/mol. The van der Waals surface area contributed by atoms with Gasteiger partial charge in [0.15, 0.2) is 0 Å². The lowest BCUT2D eigenvalue weighted by Gasteiger charge is -2.48. The first-order valence-corrected chi connectivity index (χ1v) is 12.9. The van der Waals surface area contributed by atoms with Crippen LogP contribution < -0.4 is 10.2 Å². The van der Waals surface area contributed by atoms with E-state index >= 15 is 0 Å². The molecule has 6 rings (SSSR count). The van der Waals surface area contributed by atoms with Crippen LogP contribution in [-0.4, -0.2) is 50.3 Å². The third-order valence-corrected chi connectivity index (χ3v) is 9.31. The highest BCUT2D eigenvalue weighted by atomic mass is 35.5. The minimum atomic E-state index is -1.08. The molecule has 1 aromatic heterocycles. The van der Waals surface area contributed by atoms with Crippen LogP contribution in [0.2, 0.25) is 5.02 Å². The lowest BCUT2D eigenvalue weighted by Crippen LogP contribution is -2.58. The molecule has 1 atom stereocenters. The fraction of sp³-hybridized carbons (Fsp3) is 0.565. The molecule has 3 heterocycles. The Bertz CT molecular complexity index is 1080. The first-order chi connectivity index (χ1) is 15.0. The molecule has 0 radical (unpaired) electrons. The second-order valence-electron chi connectivity index (χ2n) is 9.84. The minimum Gasteiger partial charge on any atom is -0.394 e. The van der Waals surface area contributed by atoms with Crippen molar-refractivity contribution in [2.45, 2.75) is 55.4 Å². The molecule has 1 spiro atoms. The third-order valence-electron chi connectivity index (χ3n) is 7.53. The first kappa shape index (κ1) is 19.9. The van der Waals surface area contributed by atoms with E-state index in [0.717, 1.165) is 79.6 Å². The van der Waals surface area contributed by atoms with E-state index in [0.29, 0.717) is 11.6 Å². The lowest BCUT2D eigenvalue weighted by atomic mass is 9.77. The number of fused-ring (bicyclic) bond motifs is 2. The van der Waals surface area contributed by atoms with Gasteiger partial charge >= 0.3 is 0 Å². The van der Waals surface area contributed by atoms with Crippen molar-refractivity contribution in [1.82, 2.24) is 9.97 Å². The Balaban J connectivity index is 1.28. The van der Waals surface area contributed by atoms with Crippen LogP contribution in [0, 0.1) is 5.41 Å². The van der Waals surface area contributed by atoms with E-state index in [9.17, 15) is 9.32 Å². The van der Waals surface area contributed by atoms with Gasteiger partial charge in [-0.15, -0.1) is 0 Å². The summed E-state index contributed by atoms with van der Waals surface area (Å²) in [6.45, 7) is 1.92. The summed E-state index contributed by atoms with van der Waals surface area (Å²) in [5.41, 5.74) is 3.59. The van der Waals surface area contributed by atoms with E-state index in [4.69, 9.17) is 21.6 Å². The Labute approximate surface area is 189 Å². The van der Waals surface area contributed by atoms with Crippen molar-refractivity contribution in [1.29, 1.82) is 0 Å². The molecule has 4 aliphatic rings. The monoisotopic (exact) mass is 458 g/mol. The van der Waals surface area contributed by atoms with Crippen molar-refractivity contribution in [3.8, 4) is 0 Å². The summed E-state index contributed by atoms with van der Waals surface area (Å²) >= 11 is 6.20. The number of benzene rings is 1. The van der Waals surface area contributed by atoms with E-state index in [-0.39, 0.29) is 17.6 Å². The molecule has 164 valence electrons. The van der Waals surface area contributed by atoms with Crippen molar-refractivity contribution in [2.24, 2.45) is 5.41 Å². The van der Waals surface area contributed by atoms with Crippen molar-refractivity contribution in [3.63, 3.8) is 0 Å². The number of nitrogens with one attached hydrogen (secondary N) is 1. The van der Waals surface area contributed by atoms with E-state index in [1.165, 1.54) is 11.1 Å². The molecule has 1 aromatic carbocycles. The molecule has 31 heavy (non-hydrogen) atoms. The number of anilines is 2. The standard InChI is InChI=1S/C23H27ClN4O2S/c24-17-5-4-15-10-22(11-16(15)9-17)12-28(13-22)21-25-18-3-1-8-31(30)19(18)20(26-21)27-23(14-29)6-2-7-23/h4-5,9,29H,1-3,6-8,10-14H2,(H,25,26,27). The summed E-state index contributed by atoms with van der Waals surface area (Å²) in [6, 6.07) is 6.25. The average molecular weight is 459 g/mol. The summed E-state index contributed by atoms with van der Waals surface area (Å²) in [5.74, 6) is 2.06. The van der Waals surface area contributed by atoms with Crippen molar-refractivity contribution in [2.75, 3.05) is 35.7 Å². The number of aliphatic hydroxyl groups is 1. The summed E-state index contributed by atoms with van der Waals surface area (Å²) < 4.78 is 12.8. The Morgan fingerprint density at radius 1 is 1.16 bits per heavy atom. The van der Waals surface area contributed by atoms with Gasteiger partial charge in [-0.05, 0) is 68.2 Å². The van der Waals surface area contributed by atoms with Crippen LogP contribution in [0.25, 0.3) is 0 Å². The molecule has 8 heteroatoms. The molecule has 1 saturated carbocycles. The highest BCUT2D eigenvalue weighted by Crippen LogP contribution is 2.46. The number of aryl methyl sites for hydroxylation is 1. The van der Waals surface area contributed by atoms with Crippen LogP contribution in [0.1, 0.15) is 42.5 Å². The van der Waals surface area contributed by atoms with E-state index in [1.807, 2.05) is 6.07 Å². The fourth-order valence-corrected chi connectivity index (χ4v) is 7.23. The average Bonchev–Trinajstić information content (AvgIpc) is 3.08. The number of hydrogen-bond acceptors (Lipinski definition) is 6. The molecule has 2 aliphatic heterocycles. The predicted octanol–water partition coefficient (Wildman–Crippen LogP) is 3.12.